The second-order valence-corrected chi connectivity index (χ2v) is 5.21. The second-order valence-electron chi connectivity index (χ2n) is 5.21. The van der Waals surface area contributed by atoms with Gasteiger partial charge in [0.2, 0.25) is 0 Å². The van der Waals surface area contributed by atoms with Crippen molar-refractivity contribution >= 4 is 23.4 Å². The summed E-state index contributed by atoms with van der Waals surface area (Å²) in [5.74, 6) is -0.439. The Hall–Kier alpha value is -2.44. The van der Waals surface area contributed by atoms with E-state index in [1.54, 1.807) is 12.1 Å². The first-order valence-electron chi connectivity index (χ1n) is 6.88. The predicted octanol–water partition coefficient (Wildman–Crippen LogP) is 0.269. The van der Waals surface area contributed by atoms with Gasteiger partial charge < -0.3 is 25.6 Å². The number of piperazine rings is 1. The lowest BCUT2D eigenvalue weighted by atomic mass is 10.1. The Labute approximate surface area is 122 Å². The molecule has 0 spiro atoms. The zero-order valence-electron chi connectivity index (χ0n) is 11.8. The summed E-state index contributed by atoms with van der Waals surface area (Å²) in [6.07, 6.45) is 0. The Bertz CT molecular complexity index is 590. The van der Waals surface area contributed by atoms with E-state index in [-0.39, 0.29) is 12.1 Å². The van der Waals surface area contributed by atoms with Crippen LogP contribution in [0.2, 0.25) is 0 Å². The number of fused-ring (bicyclic) bond motifs is 1. The number of rotatable bonds is 2. The van der Waals surface area contributed by atoms with Crippen LogP contribution in [0, 0.1) is 0 Å². The molecule has 0 saturated carbocycles. The Balaban J connectivity index is 1.85. The number of nitrogen functional groups attached to an aromatic ring is 1. The van der Waals surface area contributed by atoms with Crippen molar-refractivity contribution < 1.29 is 14.3 Å². The Morgan fingerprint density at radius 2 is 2.24 bits per heavy atom. The molecule has 1 aromatic carbocycles. The van der Waals surface area contributed by atoms with Gasteiger partial charge in [0.1, 0.15) is 0 Å². The maximum Gasteiger partial charge on any atom is 0.340 e. The SMILES string of the molecule is COC(=O)c1cccc(N2CCN3C(=O)NCC3C2)c1N. The van der Waals surface area contributed by atoms with Crippen molar-refractivity contribution in [2.75, 3.05) is 43.9 Å². The van der Waals surface area contributed by atoms with E-state index in [9.17, 15) is 9.59 Å². The van der Waals surface area contributed by atoms with E-state index >= 15 is 0 Å². The average Bonchev–Trinajstić information content (AvgIpc) is 2.87. The van der Waals surface area contributed by atoms with Crippen LogP contribution in [-0.2, 0) is 4.74 Å². The van der Waals surface area contributed by atoms with E-state index in [2.05, 4.69) is 10.2 Å². The number of hydrogen-bond acceptors (Lipinski definition) is 5. The lowest BCUT2D eigenvalue weighted by molar-refractivity contribution is 0.0602. The number of nitrogens with two attached hydrogens (primary N) is 1. The van der Waals surface area contributed by atoms with Crippen molar-refractivity contribution in [3.05, 3.63) is 23.8 Å². The highest BCUT2D eigenvalue weighted by Crippen LogP contribution is 2.29. The van der Waals surface area contributed by atoms with Crippen molar-refractivity contribution in [2.24, 2.45) is 0 Å². The van der Waals surface area contributed by atoms with Gasteiger partial charge in [-0.25, -0.2) is 9.59 Å². The van der Waals surface area contributed by atoms with Gasteiger partial charge in [-0.15, -0.1) is 0 Å². The van der Waals surface area contributed by atoms with Gasteiger partial charge in [-0.2, -0.15) is 0 Å². The molecule has 3 N–H and O–H groups in total. The van der Waals surface area contributed by atoms with Crippen molar-refractivity contribution in [3.8, 4) is 0 Å². The van der Waals surface area contributed by atoms with E-state index in [0.29, 0.717) is 37.4 Å². The number of ether oxygens (including phenoxy) is 1. The highest BCUT2D eigenvalue weighted by atomic mass is 16.5. The van der Waals surface area contributed by atoms with Crippen molar-refractivity contribution in [1.82, 2.24) is 10.2 Å². The molecule has 0 aliphatic carbocycles. The van der Waals surface area contributed by atoms with Gasteiger partial charge in [0.15, 0.2) is 0 Å². The summed E-state index contributed by atoms with van der Waals surface area (Å²) in [6.45, 7) is 2.69. The first-order chi connectivity index (χ1) is 10.1. The summed E-state index contributed by atoms with van der Waals surface area (Å²) in [6, 6.07) is 5.48. The quantitative estimate of drug-likeness (QED) is 0.603. The van der Waals surface area contributed by atoms with E-state index in [4.69, 9.17) is 10.5 Å². The van der Waals surface area contributed by atoms with Crippen LogP contribution in [-0.4, -0.2) is 56.2 Å². The third-order valence-electron chi connectivity index (χ3n) is 4.06. The molecule has 2 aliphatic heterocycles. The zero-order valence-corrected chi connectivity index (χ0v) is 11.8. The van der Waals surface area contributed by atoms with Crippen LogP contribution in [0.1, 0.15) is 10.4 Å². The topological polar surface area (TPSA) is 87.9 Å². The van der Waals surface area contributed by atoms with E-state index in [0.717, 1.165) is 5.69 Å². The number of carbonyl (C=O) groups excluding carboxylic acids is 2. The zero-order chi connectivity index (χ0) is 15.0. The van der Waals surface area contributed by atoms with Crippen LogP contribution in [0.15, 0.2) is 18.2 Å². The Morgan fingerprint density at radius 3 is 3.00 bits per heavy atom. The van der Waals surface area contributed by atoms with Gasteiger partial charge in [0.25, 0.3) is 0 Å². The molecule has 7 nitrogen and oxygen atoms in total. The van der Waals surface area contributed by atoms with Crippen LogP contribution in [0.5, 0.6) is 0 Å². The number of anilines is 2. The first-order valence-corrected chi connectivity index (χ1v) is 6.88. The number of carbonyl (C=O) groups is 2. The number of methoxy groups -OCH3 is 1. The average molecular weight is 290 g/mol. The predicted molar refractivity (Wildman–Crippen MR) is 78.3 cm³/mol. The molecule has 1 aromatic rings. The second kappa shape index (κ2) is 5.16. The summed E-state index contributed by atoms with van der Waals surface area (Å²) in [5.41, 5.74) is 7.73. The summed E-state index contributed by atoms with van der Waals surface area (Å²) >= 11 is 0. The summed E-state index contributed by atoms with van der Waals surface area (Å²) < 4.78 is 4.74. The third kappa shape index (κ3) is 2.24. The minimum Gasteiger partial charge on any atom is -0.465 e. The third-order valence-corrected chi connectivity index (χ3v) is 4.06. The molecule has 1 unspecified atom stereocenters. The maximum atomic E-state index is 11.7. The standard InChI is InChI=1S/C14H18N4O3/c1-21-13(19)10-3-2-4-11(12(10)15)17-5-6-18-9(8-17)7-16-14(18)20/h2-4,9H,5-8,15H2,1H3,(H,16,20). The fourth-order valence-electron chi connectivity index (χ4n) is 2.94. The molecule has 2 aliphatic rings. The smallest absolute Gasteiger partial charge is 0.340 e. The first kappa shape index (κ1) is 13.5. The highest BCUT2D eigenvalue weighted by molar-refractivity contribution is 5.98. The van der Waals surface area contributed by atoms with Gasteiger partial charge in [-0.1, -0.05) is 6.07 Å². The summed E-state index contributed by atoms with van der Waals surface area (Å²) in [5, 5.41) is 2.84. The number of urea groups is 1. The van der Waals surface area contributed by atoms with Gasteiger partial charge in [0.05, 0.1) is 30.1 Å². The maximum absolute atomic E-state index is 11.7. The molecule has 0 aromatic heterocycles. The van der Waals surface area contributed by atoms with Gasteiger partial charge >= 0.3 is 12.0 Å². The highest BCUT2D eigenvalue weighted by Gasteiger charge is 2.36. The molecule has 0 bridgehead atoms. The number of amides is 2. The molecular formula is C14H18N4O3. The van der Waals surface area contributed by atoms with Crippen molar-refractivity contribution in [1.29, 1.82) is 0 Å². The monoisotopic (exact) mass is 290 g/mol. The van der Waals surface area contributed by atoms with Crippen LogP contribution >= 0.6 is 0 Å². The number of esters is 1. The minimum absolute atomic E-state index is 0.00377. The molecule has 7 heteroatoms. The number of benzene rings is 1. The van der Waals surface area contributed by atoms with Gasteiger partial charge in [-0.05, 0) is 12.1 Å². The molecule has 2 saturated heterocycles. The Kier molecular flexibility index (Phi) is 3.32. The minimum atomic E-state index is -0.439. The van der Waals surface area contributed by atoms with Gasteiger partial charge in [-0.3, -0.25) is 0 Å². The largest absolute Gasteiger partial charge is 0.465 e. The summed E-state index contributed by atoms with van der Waals surface area (Å²) in [4.78, 5) is 27.3. The van der Waals surface area contributed by atoms with Crippen molar-refractivity contribution in [3.63, 3.8) is 0 Å². The molecule has 1 atom stereocenters. The molecule has 2 heterocycles. The van der Waals surface area contributed by atoms with Crippen LogP contribution < -0.4 is 16.0 Å². The number of para-hydroxylation sites is 1. The lowest BCUT2D eigenvalue weighted by Crippen LogP contribution is -2.52. The molecule has 0 radical (unpaired) electrons. The van der Waals surface area contributed by atoms with E-state index in [1.165, 1.54) is 7.11 Å². The fourth-order valence-corrected chi connectivity index (χ4v) is 2.94. The van der Waals surface area contributed by atoms with Crippen LogP contribution in [0.4, 0.5) is 16.2 Å². The fraction of sp³-hybridized carbons (Fsp3) is 0.429. The molecule has 21 heavy (non-hydrogen) atoms. The Morgan fingerprint density at radius 1 is 1.43 bits per heavy atom. The normalized spacial score (nSPS) is 21.0. The van der Waals surface area contributed by atoms with Crippen LogP contribution in [0.25, 0.3) is 0 Å². The molecule has 112 valence electrons. The molecule has 2 amide bonds. The summed E-state index contributed by atoms with van der Waals surface area (Å²) in [7, 11) is 1.34. The molecule has 3 rings (SSSR count). The molecular weight excluding hydrogens is 272 g/mol. The number of nitrogens with one attached hydrogen (secondary N) is 1. The van der Waals surface area contributed by atoms with Crippen LogP contribution in [0.3, 0.4) is 0 Å². The van der Waals surface area contributed by atoms with E-state index in [1.807, 2.05) is 11.0 Å². The van der Waals surface area contributed by atoms with E-state index < -0.39 is 5.97 Å². The van der Waals surface area contributed by atoms with Crippen molar-refractivity contribution in [2.45, 2.75) is 6.04 Å². The van der Waals surface area contributed by atoms with Gasteiger partial charge in [0, 0.05) is 26.2 Å². The lowest BCUT2D eigenvalue weighted by Gasteiger charge is -2.38. The number of hydrogen-bond donors (Lipinski definition) is 2. The molecule has 2 fully saturated rings. The number of nitrogens with zero attached hydrogens (tertiary/aromatic N) is 2.